The lowest BCUT2D eigenvalue weighted by atomic mass is 9.67. The van der Waals surface area contributed by atoms with Crippen LogP contribution in [0.3, 0.4) is 0 Å². The lowest BCUT2D eigenvalue weighted by Gasteiger charge is -2.46. The highest BCUT2D eigenvalue weighted by Gasteiger charge is 2.48. The number of nitrogens with one attached hydrogen (secondary N) is 1. The molecule has 2 heterocycles. The predicted octanol–water partition coefficient (Wildman–Crippen LogP) is 2.68. The van der Waals surface area contributed by atoms with Gasteiger partial charge < -0.3 is 15.0 Å². The van der Waals surface area contributed by atoms with E-state index in [1.807, 2.05) is 24.3 Å². The average Bonchev–Trinajstić information content (AvgIpc) is 2.92. The van der Waals surface area contributed by atoms with Crippen molar-refractivity contribution in [1.82, 2.24) is 15.1 Å². The fraction of sp³-hybridized carbons (Fsp3) is 0.483. The highest BCUT2D eigenvalue weighted by Crippen LogP contribution is 2.42. The minimum absolute atomic E-state index is 0.0700. The summed E-state index contributed by atoms with van der Waals surface area (Å²) in [6.07, 6.45) is 0. The molecule has 2 fully saturated rings. The molecule has 0 aliphatic carbocycles. The number of ether oxygens (including phenoxy) is 1. The van der Waals surface area contributed by atoms with Crippen molar-refractivity contribution in [1.29, 1.82) is 0 Å². The van der Waals surface area contributed by atoms with Gasteiger partial charge in [-0.2, -0.15) is 0 Å². The van der Waals surface area contributed by atoms with Crippen LogP contribution in [0.1, 0.15) is 34.3 Å². The second-order valence-corrected chi connectivity index (χ2v) is 10.0. The molecule has 0 saturated carbocycles. The van der Waals surface area contributed by atoms with Crippen LogP contribution in [0.2, 0.25) is 0 Å². The highest BCUT2D eigenvalue weighted by atomic mass is 19.1. The molecule has 2 aromatic rings. The zero-order valence-electron chi connectivity index (χ0n) is 21.8. The maximum atomic E-state index is 14.8. The fourth-order valence-corrected chi connectivity index (χ4v) is 5.87. The van der Waals surface area contributed by atoms with Crippen molar-refractivity contribution in [3.63, 3.8) is 0 Å². The maximum absolute atomic E-state index is 14.8. The van der Waals surface area contributed by atoms with Gasteiger partial charge in [-0.3, -0.25) is 19.3 Å². The summed E-state index contributed by atoms with van der Waals surface area (Å²) in [5.74, 6) is -2.36. The molecule has 2 aromatic carbocycles. The lowest BCUT2D eigenvalue weighted by molar-refractivity contribution is -0.142. The number of ketones is 2. The molecule has 198 valence electrons. The van der Waals surface area contributed by atoms with Gasteiger partial charge in [0.2, 0.25) is 5.91 Å². The number of amides is 1. The molecule has 2 aliphatic heterocycles. The molecule has 4 rings (SSSR count). The number of Topliss-reactive ketones (excluding diaryl/α,β-unsaturated/α-hetero) is 2. The van der Waals surface area contributed by atoms with Crippen LogP contribution in [0.25, 0.3) is 0 Å². The predicted molar refractivity (Wildman–Crippen MR) is 139 cm³/mol. The number of piperazine rings is 1. The molecule has 7 nitrogen and oxygen atoms in total. The fourth-order valence-electron chi connectivity index (χ4n) is 5.87. The summed E-state index contributed by atoms with van der Waals surface area (Å²) in [7, 11) is 1.62. The third-order valence-corrected chi connectivity index (χ3v) is 7.79. The summed E-state index contributed by atoms with van der Waals surface area (Å²) in [5, 5.41) is 3.24. The molecular weight excluding hydrogens is 473 g/mol. The van der Waals surface area contributed by atoms with E-state index in [-0.39, 0.29) is 23.3 Å². The molecule has 0 spiro atoms. The van der Waals surface area contributed by atoms with Crippen LogP contribution in [0.15, 0.2) is 48.5 Å². The number of rotatable bonds is 8. The molecule has 4 atom stereocenters. The van der Waals surface area contributed by atoms with E-state index >= 15 is 0 Å². The van der Waals surface area contributed by atoms with E-state index in [2.05, 4.69) is 10.2 Å². The number of likely N-dealkylation sites (tertiary alicyclic amines) is 1. The lowest BCUT2D eigenvalue weighted by Crippen LogP contribution is -2.61. The van der Waals surface area contributed by atoms with Crippen LogP contribution in [0.5, 0.6) is 0 Å². The SMILES string of the molecule is COCCN1C[C@H](C(=O)c2ccccc2)[C@@H](c2cccc(F)c2C)[C@H](C(=O)C2CNCCN2C(C)=O)C1. The highest BCUT2D eigenvalue weighted by molar-refractivity contribution is 6.00. The van der Waals surface area contributed by atoms with Gasteiger partial charge in [-0.05, 0) is 24.1 Å². The molecule has 0 aromatic heterocycles. The number of methoxy groups -OCH3 is 1. The normalized spacial score (nSPS) is 24.6. The number of carbonyl (C=O) groups is 3. The molecular formula is C29H36FN3O4. The Morgan fingerprint density at radius 3 is 2.49 bits per heavy atom. The molecule has 1 amide bonds. The van der Waals surface area contributed by atoms with E-state index in [0.717, 1.165) is 0 Å². The minimum Gasteiger partial charge on any atom is -0.383 e. The van der Waals surface area contributed by atoms with E-state index in [1.165, 1.54) is 13.0 Å². The van der Waals surface area contributed by atoms with Crippen LogP contribution < -0.4 is 5.32 Å². The Morgan fingerprint density at radius 2 is 1.78 bits per heavy atom. The van der Waals surface area contributed by atoms with Crippen molar-refractivity contribution in [3.05, 3.63) is 71.0 Å². The Balaban J connectivity index is 1.81. The molecule has 8 heteroatoms. The quantitative estimate of drug-likeness (QED) is 0.552. The Kier molecular flexibility index (Phi) is 8.84. The molecule has 1 unspecified atom stereocenters. The molecule has 1 N–H and O–H groups in total. The summed E-state index contributed by atoms with van der Waals surface area (Å²) >= 11 is 0. The second kappa shape index (κ2) is 12.1. The number of benzene rings is 2. The summed E-state index contributed by atoms with van der Waals surface area (Å²) in [5.41, 5.74) is 1.69. The first-order valence-electron chi connectivity index (χ1n) is 12.9. The van der Waals surface area contributed by atoms with Crippen molar-refractivity contribution in [2.75, 3.05) is 53.0 Å². The van der Waals surface area contributed by atoms with Gasteiger partial charge in [-0.1, -0.05) is 42.5 Å². The minimum atomic E-state index is -0.637. The summed E-state index contributed by atoms with van der Waals surface area (Å²) < 4.78 is 20.1. The van der Waals surface area contributed by atoms with E-state index < -0.39 is 23.8 Å². The number of halogens is 1. The van der Waals surface area contributed by atoms with Gasteiger partial charge in [-0.15, -0.1) is 0 Å². The van der Waals surface area contributed by atoms with Crippen LogP contribution in [-0.2, 0) is 14.3 Å². The Labute approximate surface area is 218 Å². The molecule has 0 radical (unpaired) electrons. The first-order chi connectivity index (χ1) is 17.8. The van der Waals surface area contributed by atoms with Crippen molar-refractivity contribution >= 4 is 17.5 Å². The first-order valence-corrected chi connectivity index (χ1v) is 12.9. The topological polar surface area (TPSA) is 79.0 Å². The Bertz CT molecular complexity index is 1130. The van der Waals surface area contributed by atoms with E-state index in [4.69, 9.17) is 4.74 Å². The number of nitrogens with zero attached hydrogens (tertiary/aromatic N) is 2. The van der Waals surface area contributed by atoms with Crippen LogP contribution in [0, 0.1) is 24.6 Å². The summed E-state index contributed by atoms with van der Waals surface area (Å²) in [6, 6.07) is 13.3. The zero-order chi connectivity index (χ0) is 26.5. The first kappa shape index (κ1) is 27.1. The second-order valence-electron chi connectivity index (χ2n) is 10.0. The van der Waals surface area contributed by atoms with E-state index in [0.29, 0.717) is 62.6 Å². The average molecular weight is 510 g/mol. The molecule has 2 saturated heterocycles. The van der Waals surface area contributed by atoms with Gasteiger partial charge in [0.05, 0.1) is 6.61 Å². The third kappa shape index (κ3) is 5.81. The van der Waals surface area contributed by atoms with Crippen LogP contribution >= 0.6 is 0 Å². The number of hydrogen-bond acceptors (Lipinski definition) is 6. The molecule has 37 heavy (non-hydrogen) atoms. The molecule has 0 bridgehead atoms. The number of hydrogen-bond donors (Lipinski definition) is 1. The van der Waals surface area contributed by atoms with E-state index in [9.17, 15) is 18.8 Å². The monoisotopic (exact) mass is 509 g/mol. The van der Waals surface area contributed by atoms with Crippen molar-refractivity contribution in [2.45, 2.75) is 25.8 Å². The molecule has 2 aliphatic rings. The van der Waals surface area contributed by atoms with Gasteiger partial charge >= 0.3 is 0 Å². The van der Waals surface area contributed by atoms with Gasteiger partial charge in [0.15, 0.2) is 11.6 Å². The zero-order valence-corrected chi connectivity index (χ0v) is 21.8. The number of piperidine rings is 1. The van der Waals surface area contributed by atoms with Gasteiger partial charge in [0, 0.05) is 76.6 Å². The van der Waals surface area contributed by atoms with Crippen LogP contribution in [0.4, 0.5) is 4.39 Å². The Hall–Kier alpha value is -2.94. The van der Waals surface area contributed by atoms with Crippen molar-refractivity contribution in [2.24, 2.45) is 11.8 Å². The number of carbonyl (C=O) groups excluding carboxylic acids is 3. The standard InChI is InChI=1S/C29H36FN3O4/c1-19-22(10-7-11-25(19)30)27-23(28(35)21-8-5-4-6-9-21)17-32(14-15-37-3)18-24(27)29(36)26-16-31-12-13-33(26)20(2)34/h4-11,23-24,26-27,31H,12-18H2,1-3H3/t23-,24+,26?,27+/m0/s1. The van der Waals surface area contributed by atoms with Gasteiger partial charge in [-0.25, -0.2) is 4.39 Å². The summed E-state index contributed by atoms with van der Waals surface area (Å²) in [4.78, 5) is 44.4. The van der Waals surface area contributed by atoms with Crippen molar-refractivity contribution in [3.8, 4) is 0 Å². The third-order valence-electron chi connectivity index (χ3n) is 7.79. The van der Waals surface area contributed by atoms with Gasteiger partial charge in [0.1, 0.15) is 11.9 Å². The van der Waals surface area contributed by atoms with Crippen LogP contribution in [-0.4, -0.2) is 86.3 Å². The van der Waals surface area contributed by atoms with E-state index in [1.54, 1.807) is 37.1 Å². The summed E-state index contributed by atoms with van der Waals surface area (Å²) in [6.45, 7) is 6.47. The largest absolute Gasteiger partial charge is 0.383 e. The maximum Gasteiger partial charge on any atom is 0.220 e. The van der Waals surface area contributed by atoms with Gasteiger partial charge in [0.25, 0.3) is 0 Å². The van der Waals surface area contributed by atoms with Crippen molar-refractivity contribution < 1.29 is 23.5 Å². The smallest absolute Gasteiger partial charge is 0.220 e. The Morgan fingerprint density at radius 1 is 1.05 bits per heavy atom.